The molecular weight excluding hydrogens is 413 g/mol. The number of aliphatic imine (C=N–C) groups is 1. The van der Waals surface area contributed by atoms with Crippen molar-refractivity contribution in [1.29, 1.82) is 0 Å². The fourth-order valence-electron chi connectivity index (χ4n) is 5.77. The Morgan fingerprint density at radius 3 is 2.58 bits per heavy atom. The summed E-state index contributed by atoms with van der Waals surface area (Å²) in [6.07, 6.45) is 5.80. The highest BCUT2D eigenvalue weighted by Gasteiger charge is 2.40. The van der Waals surface area contributed by atoms with Crippen LogP contribution < -0.4 is 0 Å². The van der Waals surface area contributed by atoms with Crippen LogP contribution in [0.25, 0.3) is 17.1 Å². The van der Waals surface area contributed by atoms with Gasteiger partial charge in [-0.25, -0.2) is 9.37 Å². The molecule has 5 heteroatoms. The highest BCUT2D eigenvalue weighted by molar-refractivity contribution is 6.15. The molecule has 0 N–H and O–H groups in total. The maximum absolute atomic E-state index is 15.0. The minimum absolute atomic E-state index is 0.143. The third-order valence-corrected chi connectivity index (χ3v) is 7.21. The minimum Gasteiger partial charge on any atom is -0.463 e. The number of fused-ring (bicyclic) bond motifs is 3. The predicted molar refractivity (Wildman–Crippen MR) is 127 cm³/mol. The van der Waals surface area contributed by atoms with Crippen molar-refractivity contribution in [2.75, 3.05) is 0 Å². The normalized spacial score (nSPS) is 23.8. The number of halogens is 1. The molecule has 6 rings (SSSR count). The van der Waals surface area contributed by atoms with Crippen LogP contribution in [0, 0.1) is 11.7 Å². The summed E-state index contributed by atoms with van der Waals surface area (Å²) in [7, 11) is 0. The Bertz CT molecular complexity index is 1380. The number of imidazole rings is 1. The van der Waals surface area contributed by atoms with Crippen molar-refractivity contribution in [3.63, 3.8) is 0 Å². The van der Waals surface area contributed by atoms with Crippen molar-refractivity contribution < 1.29 is 8.81 Å². The lowest BCUT2D eigenvalue weighted by Crippen LogP contribution is -2.37. The molecule has 33 heavy (non-hydrogen) atoms. The molecule has 2 aromatic heterocycles. The summed E-state index contributed by atoms with van der Waals surface area (Å²) in [6, 6.07) is 17.0. The van der Waals surface area contributed by atoms with Crippen LogP contribution in [0.3, 0.4) is 0 Å². The van der Waals surface area contributed by atoms with Crippen molar-refractivity contribution >= 4 is 5.71 Å². The molecule has 0 bridgehead atoms. The second-order valence-corrected chi connectivity index (χ2v) is 9.77. The van der Waals surface area contributed by atoms with E-state index in [1.54, 1.807) is 12.3 Å². The molecule has 166 valence electrons. The lowest BCUT2D eigenvalue weighted by molar-refractivity contribution is 0.178. The van der Waals surface area contributed by atoms with Crippen LogP contribution in [-0.2, 0) is 5.41 Å². The summed E-state index contributed by atoms with van der Waals surface area (Å²) in [6.45, 7) is 6.65. The van der Waals surface area contributed by atoms with Crippen LogP contribution in [0.15, 0.2) is 76.6 Å². The van der Waals surface area contributed by atoms with Crippen LogP contribution in [-0.4, -0.2) is 15.3 Å². The van der Waals surface area contributed by atoms with E-state index in [1.807, 2.05) is 37.5 Å². The van der Waals surface area contributed by atoms with Gasteiger partial charge in [-0.15, -0.1) is 0 Å². The molecule has 0 unspecified atom stereocenters. The zero-order valence-electron chi connectivity index (χ0n) is 19.0. The van der Waals surface area contributed by atoms with Crippen molar-refractivity contribution in [2.45, 2.75) is 45.1 Å². The second-order valence-electron chi connectivity index (χ2n) is 9.77. The third-order valence-electron chi connectivity index (χ3n) is 7.21. The summed E-state index contributed by atoms with van der Waals surface area (Å²) in [4.78, 5) is 9.77. The number of nitrogens with zero attached hydrogens (tertiary/aromatic N) is 3. The third kappa shape index (κ3) is 3.10. The van der Waals surface area contributed by atoms with Crippen molar-refractivity contribution in [1.82, 2.24) is 9.55 Å². The van der Waals surface area contributed by atoms with Crippen molar-refractivity contribution in [2.24, 2.45) is 10.9 Å². The number of furan rings is 1. The molecule has 1 atom stereocenters. The molecule has 1 saturated carbocycles. The Morgan fingerprint density at radius 2 is 1.85 bits per heavy atom. The Balaban J connectivity index is 1.61. The van der Waals surface area contributed by atoms with Gasteiger partial charge in [-0.05, 0) is 73.1 Å². The van der Waals surface area contributed by atoms with Gasteiger partial charge in [-0.1, -0.05) is 32.0 Å². The average molecular weight is 440 g/mol. The van der Waals surface area contributed by atoms with E-state index < -0.39 is 0 Å². The number of rotatable bonds is 3. The standard InChI is InChI=1S/C28H26FN3O/c1-17-14-28(3,15-17)19-10-11-23-21(13-19)25(20-7-4-5-8-22(20)29)31-18(2)27-26(30-16-32(23)27)24-9-6-12-33-24/h4-13,16-18H,14-15H2,1-3H3/t17?,18-,28?/m1/s1. The Hall–Kier alpha value is -3.47. The highest BCUT2D eigenvalue weighted by atomic mass is 19.1. The zero-order chi connectivity index (χ0) is 22.7. The van der Waals surface area contributed by atoms with E-state index in [4.69, 9.17) is 9.41 Å². The number of benzene rings is 2. The molecular formula is C28H26FN3O. The molecule has 2 aliphatic rings. The minimum atomic E-state index is -0.265. The first-order valence-electron chi connectivity index (χ1n) is 11.5. The van der Waals surface area contributed by atoms with Gasteiger partial charge in [0, 0.05) is 11.1 Å². The number of aromatic nitrogens is 2. The molecule has 2 aromatic carbocycles. The number of hydrogen-bond acceptors (Lipinski definition) is 3. The van der Waals surface area contributed by atoms with Crippen molar-refractivity contribution in [3.05, 3.63) is 95.4 Å². The molecule has 1 aliphatic carbocycles. The topological polar surface area (TPSA) is 43.3 Å². The largest absolute Gasteiger partial charge is 0.463 e. The first kappa shape index (κ1) is 20.2. The quantitative estimate of drug-likeness (QED) is 0.350. The Morgan fingerprint density at radius 1 is 1.03 bits per heavy atom. The SMILES string of the molecule is CC1CC(C)(c2ccc3c(c2)C(c2ccccc2F)=N[C@H](C)c2c(-c4ccco4)ncn2-3)C1. The van der Waals surface area contributed by atoms with Gasteiger partial charge in [0.15, 0.2) is 5.76 Å². The maximum atomic E-state index is 15.0. The molecule has 1 fully saturated rings. The van der Waals surface area contributed by atoms with Crippen LogP contribution in [0.1, 0.15) is 62.0 Å². The Kier molecular flexibility index (Phi) is 4.44. The molecule has 4 aromatic rings. The van der Waals surface area contributed by atoms with E-state index in [0.29, 0.717) is 17.0 Å². The zero-order valence-corrected chi connectivity index (χ0v) is 19.0. The fraction of sp³-hybridized carbons (Fsp3) is 0.286. The van der Waals surface area contributed by atoms with E-state index in [2.05, 4.69) is 41.6 Å². The van der Waals surface area contributed by atoms with Gasteiger partial charge in [-0.3, -0.25) is 9.56 Å². The number of hydrogen-bond donors (Lipinski definition) is 0. The molecule has 3 heterocycles. The van der Waals surface area contributed by atoms with Crippen LogP contribution in [0.2, 0.25) is 0 Å². The second kappa shape index (κ2) is 7.27. The van der Waals surface area contributed by atoms with Gasteiger partial charge in [0.25, 0.3) is 0 Å². The highest BCUT2D eigenvalue weighted by Crippen LogP contribution is 2.48. The van der Waals surface area contributed by atoms with Crippen LogP contribution in [0.5, 0.6) is 0 Å². The molecule has 0 amide bonds. The summed E-state index contributed by atoms with van der Waals surface area (Å²) in [5, 5.41) is 0. The van der Waals surface area contributed by atoms with Gasteiger partial charge in [0.2, 0.25) is 0 Å². The van der Waals surface area contributed by atoms with Crippen molar-refractivity contribution in [3.8, 4) is 17.1 Å². The lowest BCUT2D eigenvalue weighted by Gasteiger charge is -2.44. The average Bonchev–Trinajstić information content (AvgIpc) is 3.44. The summed E-state index contributed by atoms with van der Waals surface area (Å²) >= 11 is 0. The fourth-order valence-corrected chi connectivity index (χ4v) is 5.77. The molecule has 0 spiro atoms. The van der Waals surface area contributed by atoms with E-state index in [9.17, 15) is 0 Å². The first-order chi connectivity index (χ1) is 15.9. The van der Waals surface area contributed by atoms with Gasteiger partial charge < -0.3 is 4.42 Å². The molecule has 1 aliphatic heterocycles. The van der Waals surface area contributed by atoms with Gasteiger partial charge in [-0.2, -0.15) is 0 Å². The van der Waals surface area contributed by atoms with E-state index >= 15 is 4.39 Å². The van der Waals surface area contributed by atoms with Crippen LogP contribution in [0.4, 0.5) is 4.39 Å². The first-order valence-corrected chi connectivity index (χ1v) is 11.5. The van der Waals surface area contributed by atoms with Gasteiger partial charge in [0.1, 0.15) is 17.8 Å². The summed E-state index contributed by atoms with van der Waals surface area (Å²) < 4.78 is 22.8. The molecule has 4 nitrogen and oxygen atoms in total. The van der Waals surface area contributed by atoms with E-state index in [0.717, 1.165) is 41.4 Å². The monoisotopic (exact) mass is 439 g/mol. The van der Waals surface area contributed by atoms with Gasteiger partial charge in [0.05, 0.1) is 29.4 Å². The summed E-state index contributed by atoms with van der Waals surface area (Å²) in [5.74, 6) is 1.16. The van der Waals surface area contributed by atoms with E-state index in [1.165, 1.54) is 11.6 Å². The predicted octanol–water partition coefficient (Wildman–Crippen LogP) is 6.87. The molecule has 0 radical (unpaired) electrons. The summed E-state index contributed by atoms with van der Waals surface area (Å²) in [5.41, 5.74) is 6.23. The maximum Gasteiger partial charge on any atom is 0.154 e. The van der Waals surface area contributed by atoms with Crippen LogP contribution >= 0.6 is 0 Å². The molecule has 0 saturated heterocycles. The smallest absolute Gasteiger partial charge is 0.154 e. The van der Waals surface area contributed by atoms with E-state index in [-0.39, 0.29) is 17.3 Å². The van der Waals surface area contributed by atoms with Gasteiger partial charge >= 0.3 is 0 Å². The Labute approximate surface area is 192 Å². The lowest BCUT2D eigenvalue weighted by atomic mass is 9.60.